The van der Waals surface area contributed by atoms with Crippen molar-refractivity contribution in [3.63, 3.8) is 0 Å². The van der Waals surface area contributed by atoms with Gasteiger partial charge < -0.3 is 9.15 Å². The van der Waals surface area contributed by atoms with Gasteiger partial charge in [-0.1, -0.05) is 27.7 Å². The molecule has 0 aromatic carbocycles. The predicted octanol–water partition coefficient (Wildman–Crippen LogP) is 1.73. The smallest absolute Gasteiger partial charge is 0.129 e. The molecule has 1 rings (SSSR count). The topological polar surface area (TPSA) is 22.4 Å². The molecule has 1 aromatic rings. The zero-order chi connectivity index (χ0) is 11.3. The molecule has 0 radical (unpaired) electrons. The van der Waals surface area contributed by atoms with Gasteiger partial charge in [0.25, 0.3) is 0 Å². The number of hydrogen-bond donors (Lipinski definition) is 0. The van der Waals surface area contributed by atoms with E-state index in [0.717, 1.165) is 11.6 Å². The van der Waals surface area contributed by atoms with Gasteiger partial charge in [-0.3, -0.25) is 0 Å². The maximum absolute atomic E-state index is 5.94. The van der Waals surface area contributed by atoms with E-state index in [1.54, 1.807) is 6.26 Å². The fourth-order valence-electron chi connectivity index (χ4n) is 1.91. The van der Waals surface area contributed by atoms with Crippen LogP contribution in [0.3, 0.4) is 0 Å². The first kappa shape index (κ1) is 12.5. The summed E-state index contributed by atoms with van der Waals surface area (Å²) in [7, 11) is -0.365. The van der Waals surface area contributed by atoms with Crippen LogP contribution in [0.1, 0.15) is 27.7 Å². The Hall–Kier alpha value is -0.543. The van der Waals surface area contributed by atoms with E-state index in [1.807, 2.05) is 6.07 Å². The Balaban J connectivity index is 2.28. The van der Waals surface area contributed by atoms with Crippen LogP contribution < -0.4 is 5.38 Å². The summed E-state index contributed by atoms with van der Waals surface area (Å²) in [5, 5.41) is 1.14. The molecule has 1 heterocycles. The highest BCUT2D eigenvalue weighted by Crippen LogP contribution is 2.15. The summed E-state index contributed by atoms with van der Waals surface area (Å²) in [6.45, 7) is 8.89. The minimum Gasteiger partial charge on any atom is -0.475 e. The van der Waals surface area contributed by atoms with Crippen LogP contribution in [-0.4, -0.2) is 21.9 Å². The Morgan fingerprint density at radius 3 is 2.40 bits per heavy atom. The highest BCUT2D eigenvalue weighted by atomic mass is 28.2. The number of ether oxygens (including phenoxy) is 1. The Bertz CT molecular complexity index is 247. The van der Waals surface area contributed by atoms with E-state index in [9.17, 15) is 0 Å². The van der Waals surface area contributed by atoms with Crippen molar-refractivity contribution in [2.75, 3.05) is 6.23 Å². The largest absolute Gasteiger partial charge is 0.475 e. The molecule has 0 fully saturated rings. The summed E-state index contributed by atoms with van der Waals surface area (Å²) in [6.07, 6.45) is 3.01. The van der Waals surface area contributed by atoms with E-state index in [1.165, 1.54) is 0 Å². The second-order valence-electron chi connectivity index (χ2n) is 4.65. The van der Waals surface area contributed by atoms with Crippen molar-refractivity contribution in [1.29, 1.82) is 0 Å². The van der Waals surface area contributed by atoms with Crippen molar-refractivity contribution in [3.05, 3.63) is 18.4 Å². The second-order valence-corrected chi connectivity index (χ2v) is 6.26. The summed E-state index contributed by atoms with van der Waals surface area (Å²) in [4.78, 5) is 0. The molecule has 2 nitrogen and oxygen atoms in total. The van der Waals surface area contributed by atoms with Gasteiger partial charge in [0.1, 0.15) is 9.52 Å². The predicted molar refractivity (Wildman–Crippen MR) is 66.3 cm³/mol. The third-order valence-electron chi connectivity index (χ3n) is 2.55. The molecule has 0 spiro atoms. The average molecular weight is 226 g/mol. The fraction of sp³-hybridized carbons (Fsp3) is 0.667. The standard InChI is InChI=1S/C12H22O2Si/c1-9(2)12(10(3)4)14-8-15-11-6-5-7-13-11/h5-7,9-10,12H,8,15H2,1-4H3. The van der Waals surface area contributed by atoms with Gasteiger partial charge in [-0.15, -0.1) is 0 Å². The molecule has 0 atom stereocenters. The van der Waals surface area contributed by atoms with Crippen molar-refractivity contribution in [3.8, 4) is 0 Å². The normalized spacial score (nSPS) is 12.7. The molecule has 86 valence electrons. The highest BCUT2D eigenvalue weighted by molar-refractivity contribution is 6.51. The molecular formula is C12H22O2Si. The van der Waals surface area contributed by atoms with Crippen molar-refractivity contribution < 1.29 is 9.15 Å². The Morgan fingerprint density at radius 1 is 1.27 bits per heavy atom. The molecule has 3 heteroatoms. The number of furan rings is 1. The zero-order valence-electron chi connectivity index (χ0n) is 10.2. The maximum Gasteiger partial charge on any atom is 0.129 e. The van der Waals surface area contributed by atoms with Crippen molar-refractivity contribution in [2.24, 2.45) is 11.8 Å². The molecule has 0 bridgehead atoms. The lowest BCUT2D eigenvalue weighted by Crippen LogP contribution is -2.30. The average Bonchev–Trinajstić information content (AvgIpc) is 2.63. The summed E-state index contributed by atoms with van der Waals surface area (Å²) in [5.74, 6) is 1.19. The highest BCUT2D eigenvalue weighted by Gasteiger charge is 2.17. The zero-order valence-corrected chi connectivity index (χ0v) is 11.6. The van der Waals surface area contributed by atoms with Gasteiger partial charge in [-0.05, 0) is 24.0 Å². The monoisotopic (exact) mass is 226 g/mol. The molecule has 0 aliphatic rings. The van der Waals surface area contributed by atoms with E-state index in [-0.39, 0.29) is 9.52 Å². The molecule has 0 saturated heterocycles. The van der Waals surface area contributed by atoms with Crippen LogP contribution in [0, 0.1) is 11.8 Å². The van der Waals surface area contributed by atoms with Crippen LogP contribution in [0.25, 0.3) is 0 Å². The van der Waals surface area contributed by atoms with Crippen LogP contribution in [-0.2, 0) is 4.74 Å². The van der Waals surface area contributed by atoms with Crippen LogP contribution in [0.2, 0.25) is 0 Å². The van der Waals surface area contributed by atoms with Crippen LogP contribution in [0.15, 0.2) is 22.8 Å². The molecule has 0 amide bonds. The van der Waals surface area contributed by atoms with Crippen molar-refractivity contribution in [1.82, 2.24) is 0 Å². The quantitative estimate of drug-likeness (QED) is 0.689. The molecule has 0 unspecified atom stereocenters. The fourth-order valence-corrected chi connectivity index (χ4v) is 3.01. The number of hydrogen-bond acceptors (Lipinski definition) is 2. The SMILES string of the molecule is CC(C)C(OC[SiH2]c1ccco1)C(C)C. The third kappa shape index (κ3) is 4.22. The maximum atomic E-state index is 5.94. The lowest BCUT2D eigenvalue weighted by Gasteiger charge is -2.24. The van der Waals surface area contributed by atoms with E-state index in [2.05, 4.69) is 33.8 Å². The Labute approximate surface area is 94.8 Å². The lowest BCUT2D eigenvalue weighted by atomic mass is 9.96. The van der Waals surface area contributed by atoms with Crippen LogP contribution in [0.4, 0.5) is 0 Å². The van der Waals surface area contributed by atoms with Crippen LogP contribution in [0.5, 0.6) is 0 Å². The molecule has 0 aliphatic carbocycles. The van der Waals surface area contributed by atoms with Gasteiger partial charge in [0.15, 0.2) is 0 Å². The molecule has 1 aromatic heterocycles. The van der Waals surface area contributed by atoms with E-state index in [0.29, 0.717) is 17.9 Å². The van der Waals surface area contributed by atoms with Crippen LogP contribution >= 0.6 is 0 Å². The van der Waals surface area contributed by atoms with Gasteiger partial charge >= 0.3 is 0 Å². The minimum atomic E-state index is -0.365. The van der Waals surface area contributed by atoms with Gasteiger partial charge in [0.05, 0.1) is 17.8 Å². The van der Waals surface area contributed by atoms with E-state index >= 15 is 0 Å². The summed E-state index contributed by atoms with van der Waals surface area (Å²) in [5.41, 5.74) is 0. The second kappa shape index (κ2) is 6.13. The summed E-state index contributed by atoms with van der Waals surface area (Å²) >= 11 is 0. The van der Waals surface area contributed by atoms with Gasteiger partial charge in [0.2, 0.25) is 0 Å². The molecule has 15 heavy (non-hydrogen) atoms. The van der Waals surface area contributed by atoms with Crippen molar-refractivity contribution >= 4 is 14.9 Å². The lowest BCUT2D eigenvalue weighted by molar-refractivity contribution is 0.0165. The van der Waals surface area contributed by atoms with E-state index in [4.69, 9.17) is 9.15 Å². The molecule has 0 saturated carbocycles. The molecule has 0 N–H and O–H groups in total. The minimum absolute atomic E-state index is 0.365. The molecular weight excluding hydrogens is 204 g/mol. The first-order valence-corrected chi connectivity index (χ1v) is 7.46. The third-order valence-corrected chi connectivity index (χ3v) is 3.89. The van der Waals surface area contributed by atoms with Gasteiger partial charge in [-0.25, -0.2) is 0 Å². The number of rotatable bonds is 6. The summed E-state index contributed by atoms with van der Waals surface area (Å²) < 4.78 is 11.3. The first-order chi connectivity index (χ1) is 7.11. The van der Waals surface area contributed by atoms with Crippen molar-refractivity contribution in [2.45, 2.75) is 33.8 Å². The summed E-state index contributed by atoms with van der Waals surface area (Å²) in [6, 6.07) is 4.00. The first-order valence-electron chi connectivity index (χ1n) is 5.75. The van der Waals surface area contributed by atoms with E-state index < -0.39 is 0 Å². The van der Waals surface area contributed by atoms with Gasteiger partial charge in [0, 0.05) is 6.23 Å². The Kier molecular flexibility index (Phi) is 5.12. The van der Waals surface area contributed by atoms with Gasteiger partial charge in [-0.2, -0.15) is 0 Å². The Morgan fingerprint density at radius 2 is 1.93 bits per heavy atom. The molecule has 0 aliphatic heterocycles.